The third-order valence-electron chi connectivity index (χ3n) is 1.97. The minimum Gasteiger partial charge on any atom is -0.271 e. The molecule has 0 aromatic carbocycles. The smallest absolute Gasteiger partial charge is 0.0931 e. The fourth-order valence-corrected chi connectivity index (χ4v) is 3.85. The van der Waals surface area contributed by atoms with Crippen LogP contribution in [-0.4, -0.2) is 0 Å². The first-order valence-corrected chi connectivity index (χ1v) is 7.31. The molecule has 0 fully saturated rings. The molecule has 0 saturated carbocycles. The summed E-state index contributed by atoms with van der Waals surface area (Å²) in [6.07, 6.45) is 0. The van der Waals surface area contributed by atoms with Gasteiger partial charge in [-0.05, 0) is 51.7 Å². The summed E-state index contributed by atoms with van der Waals surface area (Å²) < 4.78 is 2.04. The van der Waals surface area contributed by atoms with E-state index < -0.39 is 0 Å². The van der Waals surface area contributed by atoms with Crippen molar-refractivity contribution in [2.75, 3.05) is 0 Å². The SMILES string of the molecule is NNC(c1csc(I)c1)c1ccc(Cl)s1. The van der Waals surface area contributed by atoms with Gasteiger partial charge >= 0.3 is 0 Å². The summed E-state index contributed by atoms with van der Waals surface area (Å²) in [6.45, 7) is 0. The van der Waals surface area contributed by atoms with Gasteiger partial charge in [0.15, 0.2) is 0 Å². The minimum absolute atomic E-state index is 0.0438. The molecular formula is C9H8ClIN2S2. The molecule has 0 aliphatic heterocycles. The Bertz CT molecular complexity index is 414. The lowest BCUT2D eigenvalue weighted by Gasteiger charge is -2.11. The van der Waals surface area contributed by atoms with Gasteiger partial charge in [0.2, 0.25) is 0 Å². The van der Waals surface area contributed by atoms with Crippen LogP contribution >= 0.6 is 56.9 Å². The van der Waals surface area contributed by atoms with E-state index in [4.69, 9.17) is 17.4 Å². The van der Waals surface area contributed by atoms with Crippen molar-refractivity contribution in [3.63, 3.8) is 0 Å². The Morgan fingerprint density at radius 3 is 2.73 bits per heavy atom. The molecule has 0 amide bonds. The Balaban J connectivity index is 2.32. The normalized spacial score (nSPS) is 13.0. The van der Waals surface area contributed by atoms with Crippen molar-refractivity contribution >= 4 is 56.9 Å². The van der Waals surface area contributed by atoms with Crippen LogP contribution in [0.5, 0.6) is 0 Å². The number of hydrazine groups is 1. The van der Waals surface area contributed by atoms with Crippen molar-refractivity contribution in [2.45, 2.75) is 6.04 Å². The Kier molecular flexibility index (Phi) is 4.03. The fourth-order valence-electron chi connectivity index (χ4n) is 1.30. The van der Waals surface area contributed by atoms with Crippen molar-refractivity contribution in [3.05, 3.63) is 41.2 Å². The first kappa shape index (κ1) is 11.8. The van der Waals surface area contributed by atoms with Gasteiger partial charge in [-0.2, -0.15) is 0 Å². The van der Waals surface area contributed by atoms with Gasteiger partial charge in [0.05, 0.1) is 13.3 Å². The average Bonchev–Trinajstić information content (AvgIpc) is 2.78. The molecule has 2 aromatic heterocycles. The quantitative estimate of drug-likeness (QED) is 0.492. The summed E-state index contributed by atoms with van der Waals surface area (Å²) >= 11 is 11.5. The summed E-state index contributed by atoms with van der Waals surface area (Å²) in [7, 11) is 0. The van der Waals surface area contributed by atoms with Crippen molar-refractivity contribution in [1.29, 1.82) is 0 Å². The summed E-state index contributed by atoms with van der Waals surface area (Å²) in [4.78, 5) is 1.14. The predicted molar refractivity (Wildman–Crippen MR) is 75.5 cm³/mol. The third kappa shape index (κ3) is 2.72. The second kappa shape index (κ2) is 5.11. The van der Waals surface area contributed by atoms with Crippen LogP contribution in [0.25, 0.3) is 0 Å². The average molecular weight is 371 g/mol. The van der Waals surface area contributed by atoms with E-state index in [0.717, 1.165) is 9.21 Å². The molecule has 2 nitrogen and oxygen atoms in total. The Labute approximate surface area is 115 Å². The van der Waals surface area contributed by atoms with Crippen LogP contribution < -0.4 is 11.3 Å². The molecule has 1 atom stereocenters. The zero-order chi connectivity index (χ0) is 10.8. The highest BCUT2D eigenvalue weighted by Gasteiger charge is 2.15. The molecule has 0 aliphatic rings. The first-order chi connectivity index (χ1) is 7.20. The maximum Gasteiger partial charge on any atom is 0.0931 e. The van der Waals surface area contributed by atoms with E-state index >= 15 is 0 Å². The zero-order valence-electron chi connectivity index (χ0n) is 7.54. The number of hydrogen-bond donors (Lipinski definition) is 2. The minimum atomic E-state index is 0.0438. The zero-order valence-corrected chi connectivity index (χ0v) is 12.1. The molecule has 0 radical (unpaired) electrons. The number of rotatable bonds is 3. The van der Waals surface area contributed by atoms with Gasteiger partial charge in [-0.25, -0.2) is 5.43 Å². The van der Waals surface area contributed by atoms with Crippen molar-refractivity contribution in [2.24, 2.45) is 5.84 Å². The molecule has 2 aromatic rings. The van der Waals surface area contributed by atoms with Gasteiger partial charge in [0, 0.05) is 4.88 Å². The molecule has 0 bridgehead atoms. The Hall–Kier alpha value is 0.340. The van der Waals surface area contributed by atoms with Crippen LogP contribution in [-0.2, 0) is 0 Å². The fraction of sp³-hybridized carbons (Fsp3) is 0.111. The molecule has 0 aliphatic carbocycles. The third-order valence-corrected chi connectivity index (χ3v) is 5.07. The number of nitrogens with one attached hydrogen (secondary N) is 1. The van der Waals surface area contributed by atoms with Crippen LogP contribution in [0.4, 0.5) is 0 Å². The van der Waals surface area contributed by atoms with Gasteiger partial charge < -0.3 is 0 Å². The lowest BCUT2D eigenvalue weighted by atomic mass is 10.1. The molecule has 0 saturated heterocycles. The maximum atomic E-state index is 5.91. The van der Waals surface area contributed by atoms with Crippen LogP contribution in [0.15, 0.2) is 23.6 Å². The van der Waals surface area contributed by atoms with Crippen LogP contribution in [0.3, 0.4) is 0 Å². The van der Waals surface area contributed by atoms with Gasteiger partial charge in [0.25, 0.3) is 0 Å². The molecule has 2 rings (SSSR count). The van der Waals surface area contributed by atoms with E-state index in [1.807, 2.05) is 12.1 Å². The maximum absolute atomic E-state index is 5.91. The molecular weight excluding hydrogens is 363 g/mol. The summed E-state index contributed by atoms with van der Waals surface area (Å²) in [6, 6.07) is 6.07. The standard InChI is InChI=1S/C9H8ClIN2S2/c10-7-2-1-6(15-7)9(13-12)5-3-8(11)14-4-5/h1-4,9,13H,12H2. The summed E-state index contributed by atoms with van der Waals surface area (Å²) in [5.74, 6) is 5.57. The largest absolute Gasteiger partial charge is 0.271 e. The molecule has 15 heavy (non-hydrogen) atoms. The number of nitrogens with two attached hydrogens (primary N) is 1. The van der Waals surface area contributed by atoms with E-state index in [9.17, 15) is 0 Å². The molecule has 6 heteroatoms. The van der Waals surface area contributed by atoms with Crippen LogP contribution in [0.1, 0.15) is 16.5 Å². The van der Waals surface area contributed by atoms with Gasteiger partial charge in [-0.1, -0.05) is 11.6 Å². The van der Waals surface area contributed by atoms with Crippen molar-refractivity contribution < 1.29 is 0 Å². The Morgan fingerprint density at radius 1 is 1.47 bits per heavy atom. The van der Waals surface area contributed by atoms with Gasteiger partial charge in [-0.3, -0.25) is 5.84 Å². The summed E-state index contributed by atoms with van der Waals surface area (Å²) in [5, 5.41) is 2.11. The molecule has 80 valence electrons. The number of halogens is 2. The topological polar surface area (TPSA) is 38.0 Å². The predicted octanol–water partition coefficient (Wildman–Crippen LogP) is 3.62. The van der Waals surface area contributed by atoms with Crippen molar-refractivity contribution in [1.82, 2.24) is 5.43 Å². The molecule has 3 N–H and O–H groups in total. The van der Waals surface area contributed by atoms with E-state index in [0.29, 0.717) is 0 Å². The lowest BCUT2D eigenvalue weighted by molar-refractivity contribution is 0.648. The van der Waals surface area contributed by atoms with Crippen LogP contribution in [0.2, 0.25) is 4.34 Å². The highest BCUT2D eigenvalue weighted by molar-refractivity contribution is 14.1. The van der Waals surface area contributed by atoms with Crippen molar-refractivity contribution in [3.8, 4) is 0 Å². The first-order valence-electron chi connectivity index (χ1n) is 4.16. The monoisotopic (exact) mass is 370 g/mol. The molecule has 2 heterocycles. The van der Waals surface area contributed by atoms with Gasteiger partial charge in [-0.15, -0.1) is 22.7 Å². The molecule has 1 unspecified atom stereocenters. The van der Waals surface area contributed by atoms with E-state index in [1.165, 1.54) is 8.45 Å². The van der Waals surface area contributed by atoms with E-state index in [1.54, 1.807) is 22.7 Å². The Morgan fingerprint density at radius 2 is 2.27 bits per heavy atom. The van der Waals surface area contributed by atoms with E-state index in [2.05, 4.69) is 39.5 Å². The number of hydrogen-bond acceptors (Lipinski definition) is 4. The highest BCUT2D eigenvalue weighted by atomic mass is 127. The molecule has 0 spiro atoms. The summed E-state index contributed by atoms with van der Waals surface area (Å²) in [5.41, 5.74) is 4.00. The second-order valence-corrected chi connectivity index (χ2v) is 7.48. The highest BCUT2D eigenvalue weighted by Crippen LogP contribution is 2.32. The lowest BCUT2D eigenvalue weighted by Crippen LogP contribution is -2.27. The van der Waals surface area contributed by atoms with Gasteiger partial charge in [0.1, 0.15) is 0 Å². The number of thiophene rings is 2. The second-order valence-electron chi connectivity index (χ2n) is 2.93. The van der Waals surface area contributed by atoms with E-state index in [-0.39, 0.29) is 6.04 Å². The van der Waals surface area contributed by atoms with Crippen LogP contribution in [0, 0.1) is 2.88 Å².